The number of nitrogens with two attached hydrogens (primary N) is 1. The largest absolute Gasteiger partial charge is 0.370 e. The van der Waals surface area contributed by atoms with Gasteiger partial charge >= 0.3 is 0 Å². The second kappa shape index (κ2) is 8.68. The zero-order chi connectivity index (χ0) is 17.2. The van der Waals surface area contributed by atoms with E-state index in [0.717, 1.165) is 37.8 Å². The Morgan fingerprint density at radius 3 is 2.76 bits per heavy atom. The molecule has 2 aliphatic rings. The van der Waals surface area contributed by atoms with Gasteiger partial charge in [-0.25, -0.2) is 13.1 Å². The molecule has 0 amide bonds. The molecule has 2 aliphatic carbocycles. The molecule has 0 spiro atoms. The Morgan fingerprint density at radius 1 is 1.24 bits per heavy atom. The van der Waals surface area contributed by atoms with Crippen LogP contribution in [0.15, 0.2) is 23.2 Å². The Morgan fingerprint density at radius 2 is 2.00 bits per heavy atom. The van der Waals surface area contributed by atoms with Crippen molar-refractivity contribution >= 4 is 45.6 Å². The predicted octanol–water partition coefficient (Wildman–Crippen LogP) is 2.24. The quantitative estimate of drug-likeness (QED) is 0.344. The van der Waals surface area contributed by atoms with E-state index in [1.165, 1.54) is 23.8 Å². The third kappa shape index (κ3) is 5.82. The summed E-state index contributed by atoms with van der Waals surface area (Å²) in [5.74, 6) is 0.595. The van der Waals surface area contributed by atoms with Crippen molar-refractivity contribution in [3.8, 4) is 0 Å². The number of rotatable bonds is 5. The molecule has 0 aliphatic heterocycles. The van der Waals surface area contributed by atoms with E-state index in [-0.39, 0.29) is 35.9 Å². The molecule has 140 valence electrons. The van der Waals surface area contributed by atoms with Crippen molar-refractivity contribution in [1.29, 1.82) is 0 Å². The number of anilines is 1. The van der Waals surface area contributed by atoms with Gasteiger partial charge < -0.3 is 11.1 Å². The number of nitrogens with one attached hydrogen (secondary N) is 2. The topological polar surface area (TPSA) is 96.6 Å². The van der Waals surface area contributed by atoms with Gasteiger partial charge in [0.25, 0.3) is 0 Å². The Labute approximate surface area is 167 Å². The predicted molar refractivity (Wildman–Crippen MR) is 113 cm³/mol. The fourth-order valence-electron chi connectivity index (χ4n) is 3.74. The van der Waals surface area contributed by atoms with Gasteiger partial charge in [0.15, 0.2) is 5.96 Å². The van der Waals surface area contributed by atoms with Gasteiger partial charge in [-0.05, 0) is 61.3 Å². The van der Waals surface area contributed by atoms with Crippen LogP contribution in [0, 0.1) is 5.92 Å². The average Bonchev–Trinajstić information content (AvgIpc) is 3.12. The molecule has 0 heterocycles. The number of aryl methyl sites for hydroxylation is 2. The molecule has 1 saturated carbocycles. The second-order valence-electron chi connectivity index (χ2n) is 6.88. The summed E-state index contributed by atoms with van der Waals surface area (Å²) < 4.78 is 25.6. The summed E-state index contributed by atoms with van der Waals surface area (Å²) in [5.41, 5.74) is 9.79. The van der Waals surface area contributed by atoms with Crippen LogP contribution in [0.4, 0.5) is 5.69 Å². The number of halogens is 1. The smallest absolute Gasteiger partial charge is 0.208 e. The summed E-state index contributed by atoms with van der Waals surface area (Å²) in [6.07, 6.45) is 7.58. The first-order valence-electron chi connectivity index (χ1n) is 8.57. The lowest BCUT2D eigenvalue weighted by molar-refractivity contribution is 0.455. The molecule has 0 bridgehead atoms. The van der Waals surface area contributed by atoms with Crippen molar-refractivity contribution in [2.24, 2.45) is 16.6 Å². The summed E-state index contributed by atoms with van der Waals surface area (Å²) in [5, 5.41) is 3.15. The van der Waals surface area contributed by atoms with E-state index in [0.29, 0.717) is 12.5 Å². The highest BCUT2D eigenvalue weighted by Gasteiger charge is 2.29. The number of fused-ring (bicyclic) bond motifs is 1. The molecular weight excluding hydrogens is 451 g/mol. The van der Waals surface area contributed by atoms with Crippen LogP contribution >= 0.6 is 24.0 Å². The fourth-order valence-corrected chi connectivity index (χ4v) is 4.60. The molecule has 0 radical (unpaired) electrons. The summed E-state index contributed by atoms with van der Waals surface area (Å²) >= 11 is 0. The van der Waals surface area contributed by atoms with Crippen LogP contribution in [0.25, 0.3) is 0 Å². The van der Waals surface area contributed by atoms with Gasteiger partial charge in [-0.2, -0.15) is 0 Å². The molecule has 0 saturated heterocycles. The van der Waals surface area contributed by atoms with Gasteiger partial charge in [-0.1, -0.05) is 12.5 Å². The van der Waals surface area contributed by atoms with Crippen LogP contribution in [0.5, 0.6) is 0 Å². The van der Waals surface area contributed by atoms with Crippen molar-refractivity contribution in [3.63, 3.8) is 0 Å². The second-order valence-corrected chi connectivity index (χ2v) is 8.66. The van der Waals surface area contributed by atoms with E-state index in [2.05, 4.69) is 27.2 Å². The zero-order valence-electron chi connectivity index (χ0n) is 14.5. The van der Waals surface area contributed by atoms with Gasteiger partial charge in [0.2, 0.25) is 10.0 Å². The number of guanidine groups is 1. The highest BCUT2D eigenvalue weighted by molar-refractivity contribution is 14.0. The molecule has 1 aromatic rings. The van der Waals surface area contributed by atoms with Gasteiger partial charge in [0, 0.05) is 18.3 Å². The minimum atomic E-state index is -3.18. The number of sulfonamides is 1. The van der Waals surface area contributed by atoms with E-state index >= 15 is 0 Å². The standard InChI is InChI=1S/C17H26N4O2S.HI/c1-24(22,23)21-16-7-3-6-14(16)11-19-17(18)20-15-9-8-12-4-2-5-13(12)10-15;/h8-10,14,16,21H,2-7,11H2,1H3,(H3,18,19,20);1H. The lowest BCUT2D eigenvalue weighted by Gasteiger charge is -2.18. The van der Waals surface area contributed by atoms with Crippen LogP contribution in [0.1, 0.15) is 36.8 Å². The molecule has 2 atom stereocenters. The lowest BCUT2D eigenvalue weighted by Crippen LogP contribution is -2.38. The number of hydrogen-bond donors (Lipinski definition) is 3. The molecule has 25 heavy (non-hydrogen) atoms. The van der Waals surface area contributed by atoms with Crippen LogP contribution in [0.2, 0.25) is 0 Å². The van der Waals surface area contributed by atoms with E-state index in [1.807, 2.05) is 6.07 Å². The number of nitrogens with zero attached hydrogens (tertiary/aromatic N) is 1. The average molecular weight is 478 g/mol. The molecule has 0 aromatic heterocycles. The van der Waals surface area contributed by atoms with Gasteiger partial charge in [-0.15, -0.1) is 24.0 Å². The van der Waals surface area contributed by atoms with Crippen LogP contribution in [0.3, 0.4) is 0 Å². The van der Waals surface area contributed by atoms with Crippen molar-refractivity contribution in [2.75, 3.05) is 18.1 Å². The van der Waals surface area contributed by atoms with Gasteiger partial charge in [0.05, 0.1) is 6.26 Å². The Bertz CT molecular complexity index is 736. The van der Waals surface area contributed by atoms with Gasteiger partial charge in [-0.3, -0.25) is 4.99 Å². The monoisotopic (exact) mass is 478 g/mol. The lowest BCUT2D eigenvalue weighted by atomic mass is 10.1. The van der Waals surface area contributed by atoms with Crippen molar-refractivity contribution < 1.29 is 8.42 Å². The molecule has 8 heteroatoms. The summed E-state index contributed by atoms with van der Waals surface area (Å²) in [7, 11) is -3.18. The number of hydrogen-bond acceptors (Lipinski definition) is 3. The summed E-state index contributed by atoms with van der Waals surface area (Å²) in [6, 6.07) is 6.31. The van der Waals surface area contributed by atoms with E-state index in [1.54, 1.807) is 0 Å². The minimum absolute atomic E-state index is 0. The first-order chi connectivity index (χ1) is 11.4. The van der Waals surface area contributed by atoms with Crippen molar-refractivity contribution in [2.45, 2.75) is 44.6 Å². The Kier molecular flexibility index (Phi) is 7.10. The minimum Gasteiger partial charge on any atom is -0.370 e. The van der Waals surface area contributed by atoms with E-state index in [4.69, 9.17) is 5.73 Å². The van der Waals surface area contributed by atoms with E-state index in [9.17, 15) is 8.42 Å². The Balaban J connectivity index is 0.00000225. The molecule has 2 unspecified atom stereocenters. The number of aliphatic imine (C=N–C) groups is 1. The van der Waals surface area contributed by atoms with Crippen molar-refractivity contribution in [3.05, 3.63) is 29.3 Å². The van der Waals surface area contributed by atoms with Crippen LogP contribution in [-0.2, 0) is 22.9 Å². The SMILES string of the molecule is CS(=O)(=O)NC1CCCC1CN=C(N)Nc1ccc2c(c1)CCC2.I. The maximum atomic E-state index is 11.4. The maximum absolute atomic E-state index is 11.4. The summed E-state index contributed by atoms with van der Waals surface area (Å²) in [6.45, 7) is 0.539. The molecule has 4 N–H and O–H groups in total. The van der Waals surface area contributed by atoms with E-state index < -0.39 is 10.0 Å². The Hall–Kier alpha value is -0.870. The molecule has 1 aromatic carbocycles. The highest BCUT2D eigenvalue weighted by atomic mass is 127. The summed E-state index contributed by atoms with van der Waals surface area (Å²) in [4.78, 5) is 4.42. The third-order valence-corrected chi connectivity index (χ3v) is 5.62. The zero-order valence-corrected chi connectivity index (χ0v) is 17.6. The van der Waals surface area contributed by atoms with Gasteiger partial charge in [0.1, 0.15) is 0 Å². The first-order valence-corrected chi connectivity index (χ1v) is 10.5. The highest BCUT2D eigenvalue weighted by Crippen LogP contribution is 2.27. The first kappa shape index (κ1) is 20.4. The normalized spacial score (nSPS) is 23.2. The third-order valence-electron chi connectivity index (χ3n) is 4.89. The number of benzene rings is 1. The van der Waals surface area contributed by atoms with Crippen LogP contribution < -0.4 is 15.8 Å². The van der Waals surface area contributed by atoms with Crippen molar-refractivity contribution in [1.82, 2.24) is 4.72 Å². The molecular formula is C17H27IN4O2S. The van der Waals surface area contributed by atoms with Crippen LogP contribution in [-0.4, -0.2) is 33.2 Å². The maximum Gasteiger partial charge on any atom is 0.208 e. The molecule has 6 nitrogen and oxygen atoms in total. The molecule has 3 rings (SSSR count). The molecule has 1 fully saturated rings. The fraction of sp³-hybridized carbons (Fsp3) is 0.588.